The van der Waals surface area contributed by atoms with Crippen LogP contribution in [0.2, 0.25) is 0 Å². The van der Waals surface area contributed by atoms with Crippen LogP contribution in [0.4, 0.5) is 5.69 Å². The number of anilines is 1. The first-order valence-corrected chi connectivity index (χ1v) is 7.37. The summed E-state index contributed by atoms with van der Waals surface area (Å²) in [6, 6.07) is 6.29. The number of hydrogen-bond acceptors (Lipinski definition) is 3. The van der Waals surface area contributed by atoms with Crippen molar-refractivity contribution in [2.75, 3.05) is 25.0 Å². The average Bonchev–Trinajstić information content (AvgIpc) is 2.38. The van der Waals surface area contributed by atoms with E-state index in [2.05, 4.69) is 49.6 Å². The maximum atomic E-state index is 5.71. The van der Waals surface area contributed by atoms with Gasteiger partial charge in [0.25, 0.3) is 0 Å². The predicted octanol–water partition coefficient (Wildman–Crippen LogP) is 3.19. The fraction of sp³-hybridized carbons (Fsp3) is 0.625. The van der Waals surface area contributed by atoms with Gasteiger partial charge >= 0.3 is 0 Å². The molecule has 1 aromatic rings. The van der Waals surface area contributed by atoms with Gasteiger partial charge in [0.05, 0.1) is 6.10 Å². The first kappa shape index (κ1) is 14.2. The number of piperidine rings is 1. The molecule has 2 rings (SSSR count). The van der Waals surface area contributed by atoms with E-state index >= 15 is 0 Å². The fourth-order valence-electron chi connectivity index (χ4n) is 2.53. The van der Waals surface area contributed by atoms with E-state index in [-0.39, 0.29) is 6.10 Å². The highest BCUT2D eigenvalue weighted by molar-refractivity contribution is 5.53. The lowest BCUT2D eigenvalue weighted by Gasteiger charge is -2.24. The average molecular weight is 262 g/mol. The summed E-state index contributed by atoms with van der Waals surface area (Å²) in [5.41, 5.74) is 2.48. The van der Waals surface area contributed by atoms with E-state index in [0.717, 1.165) is 24.8 Å². The van der Waals surface area contributed by atoms with Crippen molar-refractivity contribution in [2.45, 2.75) is 39.7 Å². The van der Waals surface area contributed by atoms with E-state index in [1.54, 1.807) is 0 Å². The van der Waals surface area contributed by atoms with Gasteiger partial charge in [-0.1, -0.05) is 0 Å². The molecule has 3 heteroatoms. The molecule has 3 nitrogen and oxygen atoms in total. The monoisotopic (exact) mass is 262 g/mol. The van der Waals surface area contributed by atoms with Gasteiger partial charge in [0.15, 0.2) is 0 Å². The summed E-state index contributed by atoms with van der Waals surface area (Å²) in [5, 5.41) is 7.02. The zero-order valence-electron chi connectivity index (χ0n) is 12.3. The van der Waals surface area contributed by atoms with Crippen LogP contribution in [0.1, 0.15) is 32.3 Å². The summed E-state index contributed by atoms with van der Waals surface area (Å²) in [4.78, 5) is 0. The highest BCUT2D eigenvalue weighted by Crippen LogP contribution is 2.23. The molecular weight excluding hydrogens is 236 g/mol. The van der Waals surface area contributed by atoms with E-state index < -0.39 is 0 Å². The summed E-state index contributed by atoms with van der Waals surface area (Å²) in [6.07, 6.45) is 2.85. The van der Waals surface area contributed by atoms with Crippen LogP contribution >= 0.6 is 0 Å². The Hall–Kier alpha value is -1.22. The second-order valence-corrected chi connectivity index (χ2v) is 5.74. The molecule has 1 fully saturated rings. The SMILES string of the molecule is Cc1cc(OC(C)C)ccc1NCC1CCCNC1. The highest BCUT2D eigenvalue weighted by atomic mass is 16.5. The van der Waals surface area contributed by atoms with Crippen molar-refractivity contribution in [2.24, 2.45) is 5.92 Å². The van der Waals surface area contributed by atoms with Crippen LogP contribution in [0.5, 0.6) is 5.75 Å². The Morgan fingerprint density at radius 1 is 1.42 bits per heavy atom. The summed E-state index contributed by atoms with van der Waals surface area (Å²) >= 11 is 0. The molecule has 106 valence electrons. The fourth-order valence-corrected chi connectivity index (χ4v) is 2.53. The van der Waals surface area contributed by atoms with Crippen molar-refractivity contribution in [3.63, 3.8) is 0 Å². The number of aryl methyl sites for hydroxylation is 1. The second-order valence-electron chi connectivity index (χ2n) is 5.74. The van der Waals surface area contributed by atoms with Gasteiger partial charge < -0.3 is 15.4 Å². The van der Waals surface area contributed by atoms with Gasteiger partial charge in [0.1, 0.15) is 5.75 Å². The normalized spacial score (nSPS) is 19.5. The van der Waals surface area contributed by atoms with Crippen molar-refractivity contribution in [1.29, 1.82) is 0 Å². The van der Waals surface area contributed by atoms with Crippen LogP contribution in [0.15, 0.2) is 18.2 Å². The van der Waals surface area contributed by atoms with Crippen LogP contribution in [-0.2, 0) is 0 Å². The summed E-state index contributed by atoms with van der Waals surface area (Å²) < 4.78 is 5.71. The molecule has 0 aromatic heterocycles. The first-order chi connectivity index (χ1) is 9.15. The molecule has 0 radical (unpaired) electrons. The smallest absolute Gasteiger partial charge is 0.120 e. The third-order valence-electron chi connectivity index (χ3n) is 3.55. The molecule has 0 spiro atoms. The third kappa shape index (κ3) is 4.43. The number of hydrogen-bond donors (Lipinski definition) is 2. The molecule has 1 atom stereocenters. The van der Waals surface area contributed by atoms with Crippen LogP contribution in [-0.4, -0.2) is 25.7 Å². The van der Waals surface area contributed by atoms with Gasteiger partial charge in [0, 0.05) is 12.2 Å². The van der Waals surface area contributed by atoms with Gasteiger partial charge in [0.2, 0.25) is 0 Å². The van der Waals surface area contributed by atoms with E-state index in [1.165, 1.54) is 30.6 Å². The molecule has 2 N–H and O–H groups in total. The van der Waals surface area contributed by atoms with E-state index in [1.807, 2.05) is 0 Å². The number of nitrogens with one attached hydrogen (secondary N) is 2. The van der Waals surface area contributed by atoms with Crippen LogP contribution < -0.4 is 15.4 Å². The lowest BCUT2D eigenvalue weighted by atomic mass is 9.99. The molecule has 0 aliphatic carbocycles. The zero-order chi connectivity index (χ0) is 13.7. The van der Waals surface area contributed by atoms with Gasteiger partial charge in [-0.05, 0) is 76.4 Å². The molecule has 1 saturated heterocycles. The molecule has 0 saturated carbocycles. The molecule has 1 unspecified atom stereocenters. The highest BCUT2D eigenvalue weighted by Gasteiger charge is 2.12. The number of benzene rings is 1. The van der Waals surface area contributed by atoms with Crippen molar-refractivity contribution in [3.8, 4) is 5.75 Å². The maximum Gasteiger partial charge on any atom is 0.120 e. The first-order valence-electron chi connectivity index (χ1n) is 7.37. The van der Waals surface area contributed by atoms with E-state index in [0.29, 0.717) is 0 Å². The van der Waals surface area contributed by atoms with Crippen molar-refractivity contribution in [1.82, 2.24) is 5.32 Å². The largest absolute Gasteiger partial charge is 0.491 e. The van der Waals surface area contributed by atoms with E-state index in [4.69, 9.17) is 4.74 Å². The second kappa shape index (κ2) is 6.80. The quantitative estimate of drug-likeness (QED) is 0.855. The molecule has 1 aliphatic rings. The molecule has 0 bridgehead atoms. The minimum absolute atomic E-state index is 0.228. The van der Waals surface area contributed by atoms with Crippen molar-refractivity contribution in [3.05, 3.63) is 23.8 Å². The summed E-state index contributed by atoms with van der Waals surface area (Å²) in [5.74, 6) is 1.71. The van der Waals surface area contributed by atoms with Crippen molar-refractivity contribution >= 4 is 5.69 Å². The molecule has 19 heavy (non-hydrogen) atoms. The maximum absolute atomic E-state index is 5.71. The topological polar surface area (TPSA) is 33.3 Å². The van der Waals surface area contributed by atoms with Gasteiger partial charge in [-0.25, -0.2) is 0 Å². The Balaban J connectivity index is 1.89. The lowest BCUT2D eigenvalue weighted by molar-refractivity contribution is 0.242. The van der Waals surface area contributed by atoms with Gasteiger partial charge in [-0.3, -0.25) is 0 Å². The third-order valence-corrected chi connectivity index (χ3v) is 3.55. The Kier molecular flexibility index (Phi) is 5.08. The standard InChI is InChI=1S/C16H26N2O/c1-12(2)19-15-6-7-16(13(3)9-15)18-11-14-5-4-8-17-10-14/h6-7,9,12,14,17-18H,4-5,8,10-11H2,1-3H3. The Bertz CT molecular complexity index is 398. The Morgan fingerprint density at radius 2 is 2.26 bits per heavy atom. The minimum atomic E-state index is 0.228. The Labute approximate surface area is 116 Å². The van der Waals surface area contributed by atoms with E-state index in [9.17, 15) is 0 Å². The molecule has 1 heterocycles. The van der Waals surface area contributed by atoms with Gasteiger partial charge in [-0.2, -0.15) is 0 Å². The zero-order valence-corrected chi connectivity index (χ0v) is 12.3. The summed E-state index contributed by atoms with van der Waals surface area (Å²) in [6.45, 7) is 9.61. The number of rotatable bonds is 5. The molecule has 0 amide bonds. The minimum Gasteiger partial charge on any atom is -0.491 e. The van der Waals surface area contributed by atoms with Gasteiger partial charge in [-0.15, -0.1) is 0 Å². The molecule has 1 aliphatic heterocycles. The Morgan fingerprint density at radius 3 is 2.89 bits per heavy atom. The predicted molar refractivity (Wildman–Crippen MR) is 81.0 cm³/mol. The molecular formula is C16H26N2O. The number of ether oxygens (including phenoxy) is 1. The van der Waals surface area contributed by atoms with Crippen molar-refractivity contribution < 1.29 is 4.74 Å². The van der Waals surface area contributed by atoms with Crippen LogP contribution in [0.3, 0.4) is 0 Å². The lowest BCUT2D eigenvalue weighted by Crippen LogP contribution is -2.33. The molecule has 1 aromatic carbocycles. The summed E-state index contributed by atoms with van der Waals surface area (Å²) in [7, 11) is 0. The van der Waals surface area contributed by atoms with Crippen LogP contribution in [0.25, 0.3) is 0 Å². The van der Waals surface area contributed by atoms with Crippen LogP contribution in [0, 0.1) is 12.8 Å².